The number of H-pyrrole nitrogens is 1. The third-order valence-electron chi connectivity index (χ3n) is 4.40. The average Bonchev–Trinajstić information content (AvgIpc) is 3.06. The Balaban J connectivity index is 1.56. The molecule has 2 aromatic rings. The van der Waals surface area contributed by atoms with Crippen molar-refractivity contribution in [3.8, 4) is 5.75 Å². The largest absolute Gasteiger partial charge is 0.497 e. The number of pyridine rings is 1. The third kappa shape index (κ3) is 3.96. The van der Waals surface area contributed by atoms with Crippen molar-refractivity contribution in [3.63, 3.8) is 0 Å². The van der Waals surface area contributed by atoms with Crippen LogP contribution in [-0.4, -0.2) is 48.6 Å². The molecule has 3 amide bonds. The lowest BCUT2D eigenvalue weighted by Gasteiger charge is -2.15. The molecule has 1 aromatic carbocycles. The number of benzene rings is 1. The van der Waals surface area contributed by atoms with Crippen LogP contribution in [0.4, 0.5) is 10.5 Å². The maximum absolute atomic E-state index is 12.5. The van der Waals surface area contributed by atoms with E-state index >= 15 is 0 Å². The highest BCUT2D eigenvalue weighted by Gasteiger charge is 2.19. The Hall–Kier alpha value is -3.03. The first kappa shape index (κ1) is 17.8. The summed E-state index contributed by atoms with van der Waals surface area (Å²) in [6.45, 7) is 1.85. The summed E-state index contributed by atoms with van der Waals surface area (Å²) in [4.78, 5) is 40.8. The molecule has 8 nitrogen and oxygen atoms in total. The summed E-state index contributed by atoms with van der Waals surface area (Å²) in [5.74, 6) is 0.744. The maximum Gasteiger partial charge on any atom is 0.319 e. The van der Waals surface area contributed by atoms with Crippen molar-refractivity contribution < 1.29 is 14.3 Å². The van der Waals surface area contributed by atoms with Gasteiger partial charge in [-0.25, -0.2) is 4.79 Å². The fourth-order valence-corrected chi connectivity index (χ4v) is 3.00. The van der Waals surface area contributed by atoms with E-state index in [0.29, 0.717) is 42.6 Å². The molecule has 0 bridgehead atoms. The van der Waals surface area contributed by atoms with Crippen LogP contribution in [0.2, 0.25) is 0 Å². The van der Waals surface area contributed by atoms with E-state index in [1.165, 1.54) is 13.3 Å². The van der Waals surface area contributed by atoms with Crippen LogP contribution in [-0.2, 0) is 4.79 Å². The second-order valence-electron chi connectivity index (χ2n) is 6.16. The number of hydrogen-bond donors (Lipinski definition) is 3. The zero-order chi connectivity index (χ0) is 18.5. The van der Waals surface area contributed by atoms with Crippen LogP contribution in [0.1, 0.15) is 19.3 Å². The normalized spacial score (nSPS) is 13.9. The van der Waals surface area contributed by atoms with Gasteiger partial charge in [0, 0.05) is 37.8 Å². The number of carbonyl (C=O) groups is 2. The first-order chi connectivity index (χ1) is 12.6. The van der Waals surface area contributed by atoms with E-state index in [2.05, 4.69) is 15.6 Å². The van der Waals surface area contributed by atoms with Crippen LogP contribution < -0.4 is 20.8 Å². The molecule has 0 atom stereocenters. The average molecular weight is 358 g/mol. The Labute approximate surface area is 150 Å². The second kappa shape index (κ2) is 7.90. The lowest BCUT2D eigenvalue weighted by molar-refractivity contribution is -0.127. The van der Waals surface area contributed by atoms with Crippen LogP contribution in [0.25, 0.3) is 10.9 Å². The van der Waals surface area contributed by atoms with E-state index in [9.17, 15) is 14.4 Å². The highest BCUT2D eigenvalue weighted by molar-refractivity contribution is 5.92. The van der Waals surface area contributed by atoms with Crippen LogP contribution in [0, 0.1) is 0 Å². The highest BCUT2D eigenvalue weighted by Crippen LogP contribution is 2.17. The summed E-state index contributed by atoms with van der Waals surface area (Å²) in [5.41, 5.74) is 0.547. The Kier molecular flexibility index (Phi) is 5.40. The molecule has 1 fully saturated rings. The van der Waals surface area contributed by atoms with Gasteiger partial charge in [-0.15, -0.1) is 0 Å². The summed E-state index contributed by atoms with van der Waals surface area (Å²) in [7, 11) is 1.53. The van der Waals surface area contributed by atoms with Gasteiger partial charge in [-0.1, -0.05) is 0 Å². The smallest absolute Gasteiger partial charge is 0.319 e. The van der Waals surface area contributed by atoms with Crippen molar-refractivity contribution in [2.75, 3.05) is 32.1 Å². The number of nitrogens with one attached hydrogen (secondary N) is 3. The molecule has 2 heterocycles. The number of nitrogens with zero attached hydrogens (tertiary/aromatic N) is 1. The van der Waals surface area contributed by atoms with Gasteiger partial charge in [0.05, 0.1) is 12.5 Å². The Morgan fingerprint density at radius 3 is 2.92 bits per heavy atom. The van der Waals surface area contributed by atoms with Gasteiger partial charge in [0.25, 0.3) is 0 Å². The van der Waals surface area contributed by atoms with Gasteiger partial charge in [-0.05, 0) is 31.0 Å². The van der Waals surface area contributed by atoms with Gasteiger partial charge in [0.2, 0.25) is 11.3 Å². The van der Waals surface area contributed by atoms with E-state index in [1.54, 1.807) is 23.1 Å². The molecule has 0 saturated carbocycles. The zero-order valence-electron chi connectivity index (χ0n) is 14.6. The summed E-state index contributed by atoms with van der Waals surface area (Å²) >= 11 is 0. The van der Waals surface area contributed by atoms with E-state index in [4.69, 9.17) is 4.74 Å². The predicted molar refractivity (Wildman–Crippen MR) is 98.6 cm³/mol. The molecule has 0 unspecified atom stereocenters. The molecular weight excluding hydrogens is 336 g/mol. The van der Waals surface area contributed by atoms with E-state index in [1.807, 2.05) is 0 Å². The molecule has 0 radical (unpaired) electrons. The second-order valence-corrected chi connectivity index (χ2v) is 6.16. The lowest BCUT2D eigenvalue weighted by Crippen LogP contribution is -2.34. The molecule has 1 aromatic heterocycles. The van der Waals surface area contributed by atoms with Gasteiger partial charge in [0.15, 0.2) is 0 Å². The van der Waals surface area contributed by atoms with Gasteiger partial charge in [-0.3, -0.25) is 9.59 Å². The monoisotopic (exact) mass is 358 g/mol. The SMILES string of the molecule is COc1ccc2[nH]cc(NC(=O)NCCCN3CCCC3=O)c(=O)c2c1. The number of anilines is 1. The van der Waals surface area contributed by atoms with Gasteiger partial charge in [-0.2, -0.15) is 0 Å². The van der Waals surface area contributed by atoms with Crippen LogP contribution in [0.15, 0.2) is 29.2 Å². The minimum absolute atomic E-state index is 0.165. The molecule has 0 spiro atoms. The minimum Gasteiger partial charge on any atom is -0.497 e. The van der Waals surface area contributed by atoms with Crippen molar-refractivity contribution in [2.45, 2.75) is 19.3 Å². The number of aromatic nitrogens is 1. The summed E-state index contributed by atoms with van der Waals surface area (Å²) in [6, 6.07) is 4.68. The fraction of sp³-hybridized carbons (Fsp3) is 0.389. The predicted octanol–water partition coefficient (Wildman–Crippen LogP) is 1.67. The molecule has 8 heteroatoms. The molecule has 0 aliphatic carbocycles. The van der Waals surface area contributed by atoms with Gasteiger partial charge in [0.1, 0.15) is 11.4 Å². The van der Waals surface area contributed by atoms with Crippen molar-refractivity contribution in [3.05, 3.63) is 34.6 Å². The minimum atomic E-state index is -0.453. The maximum atomic E-state index is 12.5. The molecule has 138 valence electrons. The van der Waals surface area contributed by atoms with E-state index in [-0.39, 0.29) is 17.0 Å². The van der Waals surface area contributed by atoms with Crippen LogP contribution in [0.3, 0.4) is 0 Å². The number of likely N-dealkylation sites (tertiary alicyclic amines) is 1. The number of ether oxygens (including phenoxy) is 1. The van der Waals surface area contributed by atoms with Crippen molar-refractivity contribution in [1.82, 2.24) is 15.2 Å². The molecular formula is C18H22N4O4. The lowest BCUT2D eigenvalue weighted by atomic mass is 10.2. The number of carbonyl (C=O) groups excluding carboxylic acids is 2. The number of fused-ring (bicyclic) bond motifs is 1. The molecule has 1 aliphatic heterocycles. The molecule has 1 aliphatic rings. The van der Waals surface area contributed by atoms with Gasteiger partial charge < -0.3 is 25.3 Å². The molecule has 26 heavy (non-hydrogen) atoms. The fourth-order valence-electron chi connectivity index (χ4n) is 3.00. The quantitative estimate of drug-likeness (QED) is 0.683. The van der Waals surface area contributed by atoms with Crippen molar-refractivity contribution in [1.29, 1.82) is 0 Å². The number of urea groups is 1. The summed E-state index contributed by atoms with van der Waals surface area (Å²) < 4.78 is 5.13. The Morgan fingerprint density at radius 2 is 2.19 bits per heavy atom. The Bertz CT molecular complexity index is 877. The highest BCUT2D eigenvalue weighted by atomic mass is 16.5. The topological polar surface area (TPSA) is 104 Å². The molecule has 1 saturated heterocycles. The Morgan fingerprint density at radius 1 is 1.35 bits per heavy atom. The first-order valence-electron chi connectivity index (χ1n) is 8.60. The summed E-state index contributed by atoms with van der Waals surface area (Å²) in [5, 5.41) is 5.70. The summed E-state index contributed by atoms with van der Waals surface area (Å²) in [6.07, 6.45) is 3.66. The van der Waals surface area contributed by atoms with Crippen molar-refractivity contribution >= 4 is 28.5 Å². The van der Waals surface area contributed by atoms with E-state index in [0.717, 1.165) is 13.0 Å². The number of amides is 3. The molecule has 3 N–H and O–H groups in total. The number of hydrogen-bond acceptors (Lipinski definition) is 4. The first-order valence-corrected chi connectivity index (χ1v) is 8.60. The number of methoxy groups -OCH3 is 1. The third-order valence-corrected chi connectivity index (χ3v) is 4.40. The van der Waals surface area contributed by atoms with Crippen LogP contribution in [0.5, 0.6) is 5.75 Å². The number of rotatable bonds is 6. The van der Waals surface area contributed by atoms with E-state index < -0.39 is 6.03 Å². The van der Waals surface area contributed by atoms with Gasteiger partial charge >= 0.3 is 6.03 Å². The zero-order valence-corrected chi connectivity index (χ0v) is 14.6. The number of aromatic amines is 1. The van der Waals surface area contributed by atoms with Crippen molar-refractivity contribution in [2.24, 2.45) is 0 Å². The van der Waals surface area contributed by atoms with Crippen LogP contribution >= 0.6 is 0 Å². The molecule has 3 rings (SSSR count). The standard InChI is InChI=1S/C18H22N4O4/c1-26-12-5-6-14-13(10-12)17(24)15(11-20-14)21-18(25)19-7-3-9-22-8-2-4-16(22)23/h5-6,10-11H,2-4,7-9H2,1H3,(H,20,24)(H2,19,21,25).